The Morgan fingerprint density at radius 3 is 2.39 bits per heavy atom. The molecule has 0 spiro atoms. The topological polar surface area (TPSA) is 149 Å². The Labute approximate surface area is 316 Å². The third-order valence-electron chi connectivity index (χ3n) is 9.87. The first-order chi connectivity index (χ1) is 25.5. The number of imide groups is 1. The molecule has 3 aromatic carbocycles. The maximum Gasteiger partial charge on any atom is 0.418 e. The number of thiocarbonyl (C=S) groups is 1. The summed E-state index contributed by atoms with van der Waals surface area (Å²) in [6, 6.07) is 15.4. The number of nitrogens with zero attached hydrogens (tertiary/aromatic N) is 3. The van der Waals surface area contributed by atoms with E-state index in [-0.39, 0.29) is 47.6 Å². The van der Waals surface area contributed by atoms with Crippen LogP contribution in [-0.4, -0.2) is 71.0 Å². The lowest BCUT2D eigenvalue weighted by Crippen LogP contribution is -2.47. The zero-order valence-corrected chi connectivity index (χ0v) is 30.9. The van der Waals surface area contributed by atoms with Crippen LogP contribution in [0.4, 0.5) is 41.6 Å². The van der Waals surface area contributed by atoms with Gasteiger partial charge in [0, 0.05) is 42.3 Å². The maximum absolute atomic E-state index is 13.6. The van der Waals surface area contributed by atoms with E-state index >= 15 is 0 Å². The van der Waals surface area contributed by atoms with Crippen LogP contribution in [0.5, 0.6) is 5.75 Å². The summed E-state index contributed by atoms with van der Waals surface area (Å²) in [5, 5.41) is 8.41. The SMILES string of the molecule is CCc1cc(N2C(=S)N(c3ccc(N)c(C(F)(F)F)c3)C(=O)C2(C)C)ccc1OC1CCN(CC(=O)Nc2cccc(NC3CCC(=O)NC3=O)c2)CC1. The van der Waals surface area contributed by atoms with Gasteiger partial charge < -0.3 is 26.0 Å². The number of alkyl halides is 3. The van der Waals surface area contributed by atoms with Crippen molar-refractivity contribution in [3.05, 3.63) is 71.8 Å². The van der Waals surface area contributed by atoms with Crippen LogP contribution in [0.25, 0.3) is 0 Å². The number of hydrogen-bond donors (Lipinski definition) is 4. The van der Waals surface area contributed by atoms with E-state index in [0.29, 0.717) is 61.6 Å². The third-order valence-corrected chi connectivity index (χ3v) is 10.2. The molecule has 1 atom stereocenters. The fourth-order valence-electron chi connectivity index (χ4n) is 6.97. The number of benzene rings is 3. The molecular formula is C38H42F3N7O5S. The molecule has 3 heterocycles. The first kappa shape index (κ1) is 38.5. The molecular weight excluding hydrogens is 724 g/mol. The maximum atomic E-state index is 13.6. The highest BCUT2D eigenvalue weighted by atomic mass is 32.1. The standard InChI is InChI=1S/C38H42F3N7O5S/c1-4-22-18-26(48-36(54)47(35(52)37(48,2)3)25-8-10-29(42)28(20-25)38(39,40)41)9-12-31(22)53-27-14-16-46(17-15-27)21-33(50)44-24-7-5-6-23(19-24)43-30-11-13-32(49)45-34(30)51/h5-10,12,18-20,27,30,43H,4,11,13-17,21,42H2,1-3H3,(H,44,50)(H,45,49,51). The average molecular weight is 766 g/mol. The number of carbonyl (C=O) groups is 4. The first-order valence-electron chi connectivity index (χ1n) is 17.7. The number of rotatable bonds is 10. The summed E-state index contributed by atoms with van der Waals surface area (Å²) in [6.45, 7) is 6.81. The van der Waals surface area contributed by atoms with Crippen LogP contribution in [0.3, 0.4) is 0 Å². The number of carbonyl (C=O) groups excluding carboxylic acids is 4. The van der Waals surface area contributed by atoms with Gasteiger partial charge in [-0.15, -0.1) is 0 Å². The van der Waals surface area contributed by atoms with E-state index in [1.54, 1.807) is 49.1 Å². The summed E-state index contributed by atoms with van der Waals surface area (Å²) < 4.78 is 47.4. The summed E-state index contributed by atoms with van der Waals surface area (Å²) >= 11 is 5.71. The number of piperidine rings is 2. The van der Waals surface area contributed by atoms with Gasteiger partial charge in [0.05, 0.1) is 17.8 Å². The van der Waals surface area contributed by atoms with Gasteiger partial charge in [0.1, 0.15) is 23.4 Å². The van der Waals surface area contributed by atoms with Gasteiger partial charge in [0.25, 0.3) is 5.91 Å². The van der Waals surface area contributed by atoms with Crippen molar-refractivity contribution >= 4 is 69.4 Å². The van der Waals surface area contributed by atoms with Crippen LogP contribution in [0.2, 0.25) is 0 Å². The van der Waals surface area contributed by atoms with Crippen LogP contribution in [-0.2, 0) is 31.8 Å². The molecule has 286 valence electrons. The molecule has 5 N–H and O–H groups in total. The van der Waals surface area contributed by atoms with E-state index in [2.05, 4.69) is 20.9 Å². The molecule has 1 unspecified atom stereocenters. The molecule has 3 aliphatic heterocycles. The number of amides is 4. The average Bonchev–Trinajstić information content (AvgIpc) is 3.29. The molecule has 0 aliphatic carbocycles. The van der Waals surface area contributed by atoms with Gasteiger partial charge in [-0.3, -0.25) is 34.3 Å². The zero-order valence-electron chi connectivity index (χ0n) is 30.1. The van der Waals surface area contributed by atoms with Crippen molar-refractivity contribution in [3.8, 4) is 5.75 Å². The molecule has 0 aromatic heterocycles. The molecule has 6 rings (SSSR count). The van der Waals surface area contributed by atoms with Crippen molar-refractivity contribution in [2.75, 3.05) is 45.8 Å². The highest BCUT2D eigenvalue weighted by Gasteiger charge is 2.51. The number of halogens is 3. The van der Waals surface area contributed by atoms with E-state index in [1.165, 1.54) is 6.07 Å². The smallest absolute Gasteiger partial charge is 0.418 e. The number of nitrogen functional groups attached to an aromatic ring is 1. The number of nitrogens with two attached hydrogens (primary N) is 1. The van der Waals surface area contributed by atoms with Crippen LogP contribution >= 0.6 is 12.2 Å². The van der Waals surface area contributed by atoms with E-state index in [4.69, 9.17) is 22.7 Å². The Kier molecular flexibility index (Phi) is 10.9. The largest absolute Gasteiger partial charge is 0.490 e. The second kappa shape index (κ2) is 15.3. The van der Waals surface area contributed by atoms with Gasteiger partial charge in [-0.2, -0.15) is 13.2 Å². The summed E-state index contributed by atoms with van der Waals surface area (Å²) in [6.07, 6.45) is -2.15. The number of ether oxygens (including phenoxy) is 1. The monoisotopic (exact) mass is 765 g/mol. The molecule has 3 aromatic rings. The van der Waals surface area contributed by atoms with Gasteiger partial charge in [0.2, 0.25) is 17.7 Å². The van der Waals surface area contributed by atoms with Crippen molar-refractivity contribution < 1.29 is 37.1 Å². The van der Waals surface area contributed by atoms with Gasteiger partial charge in [0.15, 0.2) is 5.11 Å². The fourth-order valence-corrected chi connectivity index (χ4v) is 7.49. The minimum absolute atomic E-state index is 0.0184. The van der Waals surface area contributed by atoms with Gasteiger partial charge in [-0.25, -0.2) is 0 Å². The molecule has 4 amide bonds. The van der Waals surface area contributed by atoms with Crippen molar-refractivity contribution in [3.63, 3.8) is 0 Å². The molecule has 0 radical (unpaired) electrons. The van der Waals surface area contributed by atoms with Crippen LogP contribution in [0, 0.1) is 0 Å². The number of anilines is 5. The van der Waals surface area contributed by atoms with Crippen molar-refractivity contribution in [2.24, 2.45) is 0 Å². The predicted octanol–water partition coefficient (Wildman–Crippen LogP) is 5.47. The van der Waals surface area contributed by atoms with E-state index in [9.17, 15) is 32.3 Å². The van der Waals surface area contributed by atoms with Crippen LogP contribution in [0.1, 0.15) is 57.6 Å². The lowest BCUT2D eigenvalue weighted by Gasteiger charge is -2.33. The van der Waals surface area contributed by atoms with Gasteiger partial charge in [-0.05, 0) is 112 Å². The molecule has 16 heteroatoms. The second-order valence-electron chi connectivity index (χ2n) is 14.1. The summed E-state index contributed by atoms with van der Waals surface area (Å²) in [5.41, 5.74) is 5.62. The Bertz CT molecular complexity index is 1980. The normalized spacial score (nSPS) is 19.6. The minimum Gasteiger partial charge on any atom is -0.490 e. The van der Waals surface area contributed by atoms with Crippen molar-refractivity contribution in [1.82, 2.24) is 10.2 Å². The Balaban J connectivity index is 1.05. The molecule has 12 nitrogen and oxygen atoms in total. The first-order valence-corrected chi connectivity index (χ1v) is 18.1. The lowest BCUT2D eigenvalue weighted by atomic mass is 10.0. The summed E-state index contributed by atoms with van der Waals surface area (Å²) in [4.78, 5) is 55.0. The molecule has 3 aliphatic rings. The van der Waals surface area contributed by atoms with E-state index < -0.39 is 34.9 Å². The van der Waals surface area contributed by atoms with Crippen molar-refractivity contribution in [2.45, 2.75) is 76.7 Å². The highest BCUT2D eigenvalue weighted by molar-refractivity contribution is 7.81. The number of aryl methyl sites for hydroxylation is 1. The van der Waals surface area contributed by atoms with Crippen molar-refractivity contribution in [1.29, 1.82) is 0 Å². The Hall–Kier alpha value is -5.22. The molecule has 3 saturated heterocycles. The zero-order chi connectivity index (χ0) is 38.9. The quantitative estimate of drug-likeness (QED) is 0.119. The molecule has 3 fully saturated rings. The van der Waals surface area contributed by atoms with E-state index in [1.807, 2.05) is 19.1 Å². The minimum atomic E-state index is -4.70. The van der Waals surface area contributed by atoms with Gasteiger partial charge >= 0.3 is 6.18 Å². The lowest BCUT2D eigenvalue weighted by molar-refractivity contribution is -0.137. The Morgan fingerprint density at radius 2 is 1.70 bits per heavy atom. The van der Waals surface area contributed by atoms with Crippen LogP contribution < -0.4 is 36.2 Å². The Morgan fingerprint density at radius 1 is 1.00 bits per heavy atom. The second-order valence-corrected chi connectivity index (χ2v) is 14.5. The number of hydrogen-bond acceptors (Lipinski definition) is 9. The van der Waals surface area contributed by atoms with Gasteiger partial charge in [-0.1, -0.05) is 13.0 Å². The number of nitrogens with one attached hydrogen (secondary N) is 3. The molecule has 0 bridgehead atoms. The summed E-state index contributed by atoms with van der Waals surface area (Å²) in [7, 11) is 0. The fraction of sp³-hybridized carbons (Fsp3) is 0.395. The highest BCUT2D eigenvalue weighted by Crippen LogP contribution is 2.41. The summed E-state index contributed by atoms with van der Waals surface area (Å²) in [5.74, 6) is -0.622. The molecule has 54 heavy (non-hydrogen) atoms. The number of likely N-dealkylation sites (tertiary alicyclic amines) is 1. The predicted molar refractivity (Wildman–Crippen MR) is 203 cm³/mol. The molecule has 0 saturated carbocycles. The van der Waals surface area contributed by atoms with E-state index in [0.717, 1.165) is 22.6 Å². The van der Waals surface area contributed by atoms with Crippen LogP contribution in [0.15, 0.2) is 60.7 Å². The third kappa shape index (κ3) is 8.14.